The van der Waals surface area contributed by atoms with Gasteiger partial charge in [-0.1, -0.05) is 12.1 Å². The van der Waals surface area contributed by atoms with Gasteiger partial charge in [-0.2, -0.15) is 5.90 Å². The topological polar surface area (TPSA) is 38.5 Å². The molecule has 1 saturated heterocycles. The van der Waals surface area contributed by atoms with Crippen molar-refractivity contribution in [1.29, 1.82) is 0 Å². The average molecular weight is 204 g/mol. The molecule has 2 unspecified atom stereocenters. The largest absolute Gasteiger partial charge is 0.412 e. The third kappa shape index (κ3) is 1.27. The molecule has 3 heteroatoms. The number of fused-ring (bicyclic) bond motifs is 1. The van der Waals surface area contributed by atoms with Crippen LogP contribution in [0.2, 0.25) is 0 Å². The molecule has 1 aromatic carbocycles. The van der Waals surface area contributed by atoms with Crippen molar-refractivity contribution in [1.82, 2.24) is 4.90 Å². The molecule has 1 heterocycles. The average Bonchev–Trinajstić information content (AvgIpc) is 2.83. The third-order valence-corrected chi connectivity index (χ3v) is 3.88. The lowest BCUT2D eigenvalue weighted by atomic mass is 9.95. The van der Waals surface area contributed by atoms with Gasteiger partial charge in [0.25, 0.3) is 0 Å². The van der Waals surface area contributed by atoms with Crippen LogP contribution in [-0.2, 0) is 5.41 Å². The van der Waals surface area contributed by atoms with Crippen LogP contribution >= 0.6 is 0 Å². The first-order chi connectivity index (χ1) is 7.24. The van der Waals surface area contributed by atoms with E-state index in [9.17, 15) is 0 Å². The number of benzene rings is 1. The number of piperidine rings is 1. The number of likely N-dealkylation sites (N-methyl/N-ethyl adjacent to an activating group) is 1. The highest BCUT2D eigenvalue weighted by atomic mass is 16.6. The highest BCUT2D eigenvalue weighted by Gasteiger charge is 2.59. The summed E-state index contributed by atoms with van der Waals surface area (Å²) in [4.78, 5) is 7.11. The van der Waals surface area contributed by atoms with Crippen LogP contribution in [0.4, 0.5) is 0 Å². The van der Waals surface area contributed by atoms with Crippen LogP contribution in [0.1, 0.15) is 12.0 Å². The number of rotatable bonds is 2. The maximum atomic E-state index is 5.11. The summed E-state index contributed by atoms with van der Waals surface area (Å²) in [5, 5.41) is 0. The van der Waals surface area contributed by atoms with E-state index in [-0.39, 0.29) is 0 Å². The van der Waals surface area contributed by atoms with Crippen molar-refractivity contribution in [2.45, 2.75) is 11.8 Å². The second-order valence-electron chi connectivity index (χ2n) is 4.90. The van der Waals surface area contributed by atoms with E-state index in [1.807, 2.05) is 12.1 Å². The van der Waals surface area contributed by atoms with Crippen LogP contribution in [0.15, 0.2) is 24.3 Å². The molecule has 1 saturated carbocycles. The predicted molar refractivity (Wildman–Crippen MR) is 58.5 cm³/mol. The molecule has 2 N–H and O–H groups in total. The van der Waals surface area contributed by atoms with Crippen LogP contribution in [0.25, 0.3) is 0 Å². The summed E-state index contributed by atoms with van der Waals surface area (Å²) in [5.74, 6) is 6.71. The van der Waals surface area contributed by atoms with Gasteiger partial charge in [-0.15, -0.1) is 0 Å². The minimum absolute atomic E-state index is 0.446. The molecule has 0 radical (unpaired) electrons. The minimum atomic E-state index is 0.446. The van der Waals surface area contributed by atoms with Crippen molar-refractivity contribution < 1.29 is 4.84 Å². The quantitative estimate of drug-likeness (QED) is 0.734. The minimum Gasteiger partial charge on any atom is -0.412 e. The molecule has 2 fully saturated rings. The van der Waals surface area contributed by atoms with Crippen LogP contribution in [0.3, 0.4) is 0 Å². The van der Waals surface area contributed by atoms with Crippen LogP contribution in [0, 0.1) is 5.92 Å². The van der Waals surface area contributed by atoms with E-state index >= 15 is 0 Å². The molecule has 2 atom stereocenters. The Bertz CT molecular complexity index is 376. The summed E-state index contributed by atoms with van der Waals surface area (Å²) in [7, 11) is 2.20. The van der Waals surface area contributed by atoms with Crippen molar-refractivity contribution in [3.05, 3.63) is 29.8 Å². The predicted octanol–water partition coefficient (Wildman–Crippen LogP) is 1.14. The van der Waals surface area contributed by atoms with E-state index < -0.39 is 0 Å². The third-order valence-electron chi connectivity index (χ3n) is 3.88. The Morgan fingerprint density at radius 2 is 2.13 bits per heavy atom. The van der Waals surface area contributed by atoms with Gasteiger partial charge in [-0.3, -0.25) is 0 Å². The lowest BCUT2D eigenvalue weighted by molar-refractivity contribution is 0.334. The summed E-state index contributed by atoms with van der Waals surface area (Å²) in [6, 6.07) is 8.22. The summed E-state index contributed by atoms with van der Waals surface area (Å²) < 4.78 is 0. The first-order valence-electron chi connectivity index (χ1n) is 5.40. The number of hydrogen-bond donors (Lipinski definition) is 1. The summed E-state index contributed by atoms with van der Waals surface area (Å²) in [6.07, 6.45) is 1.35. The van der Waals surface area contributed by atoms with Gasteiger partial charge in [-0.25, -0.2) is 0 Å². The molecule has 3 rings (SSSR count). The Kier molecular flexibility index (Phi) is 1.82. The Hall–Kier alpha value is -1.06. The van der Waals surface area contributed by atoms with Gasteiger partial charge in [0, 0.05) is 18.5 Å². The number of nitrogens with zero attached hydrogens (tertiary/aromatic N) is 1. The first kappa shape index (κ1) is 9.19. The van der Waals surface area contributed by atoms with E-state index in [4.69, 9.17) is 5.90 Å². The van der Waals surface area contributed by atoms with Gasteiger partial charge < -0.3 is 9.74 Å². The molecule has 0 spiro atoms. The van der Waals surface area contributed by atoms with Gasteiger partial charge >= 0.3 is 0 Å². The molecule has 3 nitrogen and oxygen atoms in total. The molecule has 1 aromatic rings. The van der Waals surface area contributed by atoms with Gasteiger partial charge in [0.1, 0.15) is 5.75 Å². The molecule has 2 aliphatic rings. The lowest BCUT2D eigenvalue weighted by Gasteiger charge is -2.16. The Balaban J connectivity index is 1.88. The fourth-order valence-electron chi connectivity index (χ4n) is 3.05. The van der Waals surface area contributed by atoms with Crippen LogP contribution in [-0.4, -0.2) is 25.0 Å². The smallest absolute Gasteiger partial charge is 0.146 e. The molecule has 0 aromatic heterocycles. The van der Waals surface area contributed by atoms with Crippen LogP contribution < -0.4 is 10.7 Å². The zero-order chi connectivity index (χ0) is 10.5. The Labute approximate surface area is 89.8 Å². The van der Waals surface area contributed by atoms with E-state index in [0.717, 1.165) is 11.7 Å². The van der Waals surface area contributed by atoms with E-state index in [1.54, 1.807) is 0 Å². The van der Waals surface area contributed by atoms with Crippen molar-refractivity contribution in [3.8, 4) is 5.75 Å². The second kappa shape index (κ2) is 2.97. The van der Waals surface area contributed by atoms with Crippen molar-refractivity contribution in [3.63, 3.8) is 0 Å². The summed E-state index contributed by atoms with van der Waals surface area (Å²) in [6.45, 7) is 2.44. The molecular weight excluding hydrogens is 188 g/mol. The van der Waals surface area contributed by atoms with Gasteiger partial charge in [-0.05, 0) is 37.1 Å². The van der Waals surface area contributed by atoms with E-state index in [0.29, 0.717) is 5.41 Å². The van der Waals surface area contributed by atoms with Gasteiger partial charge in [0.05, 0.1) is 0 Å². The maximum absolute atomic E-state index is 5.11. The normalized spacial score (nSPS) is 33.9. The lowest BCUT2D eigenvalue weighted by Crippen LogP contribution is -2.22. The second-order valence-corrected chi connectivity index (χ2v) is 4.90. The standard InChI is InChI=1S/C12H16N2O/c1-14-7-10-6-12(10,8-14)9-2-4-11(15-13)5-3-9/h2-5,10H,6-8,13H2,1H3. The molecule has 15 heavy (non-hydrogen) atoms. The molecule has 1 aliphatic carbocycles. The van der Waals surface area contributed by atoms with E-state index in [2.05, 4.69) is 28.9 Å². The monoisotopic (exact) mass is 204 g/mol. The molecule has 0 bridgehead atoms. The SMILES string of the molecule is CN1CC2CC2(c2ccc(ON)cc2)C1. The number of nitrogens with two attached hydrogens (primary N) is 1. The molecule has 0 amide bonds. The summed E-state index contributed by atoms with van der Waals surface area (Å²) in [5.41, 5.74) is 1.89. The van der Waals surface area contributed by atoms with Crippen molar-refractivity contribution in [2.24, 2.45) is 11.8 Å². The zero-order valence-corrected chi connectivity index (χ0v) is 8.94. The summed E-state index contributed by atoms with van der Waals surface area (Å²) >= 11 is 0. The number of hydrogen-bond acceptors (Lipinski definition) is 3. The maximum Gasteiger partial charge on any atom is 0.146 e. The first-order valence-corrected chi connectivity index (χ1v) is 5.40. The van der Waals surface area contributed by atoms with Crippen molar-refractivity contribution in [2.75, 3.05) is 20.1 Å². The fourth-order valence-corrected chi connectivity index (χ4v) is 3.05. The fraction of sp³-hybridized carbons (Fsp3) is 0.500. The molecule has 1 aliphatic heterocycles. The van der Waals surface area contributed by atoms with E-state index in [1.165, 1.54) is 25.1 Å². The van der Waals surface area contributed by atoms with Crippen LogP contribution in [0.5, 0.6) is 5.75 Å². The Morgan fingerprint density at radius 3 is 2.67 bits per heavy atom. The zero-order valence-electron chi connectivity index (χ0n) is 8.94. The Morgan fingerprint density at radius 1 is 1.40 bits per heavy atom. The van der Waals surface area contributed by atoms with Gasteiger partial charge in [0.15, 0.2) is 0 Å². The molecular formula is C12H16N2O. The van der Waals surface area contributed by atoms with Crippen molar-refractivity contribution >= 4 is 0 Å². The highest BCUT2D eigenvalue weighted by molar-refractivity contribution is 5.39. The highest BCUT2D eigenvalue weighted by Crippen LogP contribution is 2.58. The van der Waals surface area contributed by atoms with Gasteiger partial charge in [0.2, 0.25) is 0 Å². The number of likely N-dealkylation sites (tertiary alicyclic amines) is 1. The molecule has 80 valence electrons.